The molecular weight excluding hydrogens is 789 g/mol. The van der Waals surface area contributed by atoms with Gasteiger partial charge >= 0.3 is 11.9 Å². The number of hydrogen-bond donors (Lipinski definition) is 0. The molecule has 0 spiro atoms. The van der Waals surface area contributed by atoms with Crippen molar-refractivity contribution in [2.24, 2.45) is 0 Å². The Morgan fingerprint density at radius 1 is 0.359 bits per heavy atom. The molecule has 0 saturated heterocycles. The lowest BCUT2D eigenvalue weighted by molar-refractivity contribution is -0.163. The van der Waals surface area contributed by atoms with Crippen LogP contribution in [0.5, 0.6) is 0 Å². The Morgan fingerprint density at radius 2 is 0.703 bits per heavy atom. The summed E-state index contributed by atoms with van der Waals surface area (Å²) in [5, 5.41) is 0. The van der Waals surface area contributed by atoms with Crippen LogP contribution in [-0.2, 0) is 23.8 Å². The molecule has 5 heteroatoms. The Bertz CT molecular complexity index is 1230. The van der Waals surface area contributed by atoms with Gasteiger partial charge in [-0.3, -0.25) is 9.59 Å². The summed E-state index contributed by atoms with van der Waals surface area (Å²) >= 11 is 0. The summed E-state index contributed by atoms with van der Waals surface area (Å²) in [7, 11) is 0. The lowest BCUT2D eigenvalue weighted by atomic mass is 10.1. The molecule has 0 heterocycles. The molecule has 0 saturated carbocycles. The highest BCUT2D eigenvalue weighted by Crippen LogP contribution is 2.13. The number of unbranched alkanes of at least 4 members (excludes halogenated alkanes) is 21. The predicted octanol–water partition coefficient (Wildman–Crippen LogP) is 18.2. The van der Waals surface area contributed by atoms with E-state index >= 15 is 0 Å². The highest BCUT2D eigenvalue weighted by molar-refractivity contribution is 5.70. The number of hydrogen-bond acceptors (Lipinski definition) is 5. The fourth-order valence-electron chi connectivity index (χ4n) is 7.09. The normalized spacial score (nSPS) is 13.0. The summed E-state index contributed by atoms with van der Waals surface area (Å²) in [6, 6.07) is 0. The molecule has 366 valence electrons. The summed E-state index contributed by atoms with van der Waals surface area (Å²) < 4.78 is 17.4. The first-order valence-corrected chi connectivity index (χ1v) is 26.8. The average molecular weight is 889 g/mol. The highest BCUT2D eigenvalue weighted by Gasteiger charge is 2.17. The van der Waals surface area contributed by atoms with Crippen molar-refractivity contribution in [2.45, 2.75) is 245 Å². The molecule has 5 nitrogen and oxygen atoms in total. The molecule has 0 aliphatic rings. The van der Waals surface area contributed by atoms with Gasteiger partial charge in [0.25, 0.3) is 0 Å². The van der Waals surface area contributed by atoms with E-state index in [0.29, 0.717) is 19.4 Å². The molecule has 0 rings (SSSR count). The van der Waals surface area contributed by atoms with Crippen LogP contribution in [0.2, 0.25) is 0 Å². The quantitative estimate of drug-likeness (QED) is 0.0346. The monoisotopic (exact) mass is 889 g/mol. The minimum Gasteiger partial charge on any atom is -0.462 e. The van der Waals surface area contributed by atoms with Crippen molar-refractivity contribution in [3.8, 4) is 0 Å². The second-order valence-electron chi connectivity index (χ2n) is 17.4. The number of carbonyl (C=O) groups excluding carboxylic acids is 2. The van der Waals surface area contributed by atoms with E-state index in [1.165, 1.54) is 116 Å². The van der Waals surface area contributed by atoms with Crippen molar-refractivity contribution in [1.29, 1.82) is 0 Å². The lowest BCUT2D eigenvalue weighted by Gasteiger charge is -2.18. The molecule has 0 radical (unpaired) electrons. The third-order valence-corrected chi connectivity index (χ3v) is 11.1. The van der Waals surface area contributed by atoms with Crippen molar-refractivity contribution in [2.75, 3.05) is 19.8 Å². The Morgan fingerprint density at radius 3 is 1.16 bits per heavy atom. The van der Waals surface area contributed by atoms with E-state index in [9.17, 15) is 9.59 Å². The predicted molar refractivity (Wildman–Crippen MR) is 279 cm³/mol. The molecule has 64 heavy (non-hydrogen) atoms. The van der Waals surface area contributed by atoms with E-state index in [1.54, 1.807) is 0 Å². The smallest absolute Gasteiger partial charge is 0.306 e. The number of rotatable bonds is 48. The third-order valence-electron chi connectivity index (χ3n) is 11.1. The van der Waals surface area contributed by atoms with E-state index in [1.807, 2.05) is 0 Å². The molecule has 0 aliphatic heterocycles. The van der Waals surface area contributed by atoms with Crippen molar-refractivity contribution < 1.29 is 23.8 Å². The molecule has 1 atom stereocenters. The summed E-state index contributed by atoms with van der Waals surface area (Å²) in [5.41, 5.74) is 0. The molecule has 1 unspecified atom stereocenters. The van der Waals surface area contributed by atoms with Crippen LogP contribution in [0.4, 0.5) is 0 Å². The SMILES string of the molecule is CC/C=C\C/C=C\C/C=C\C/C=C\CCCCC(=O)OC(COCCCCCCCC/C=C\C/C=C\CCCCC)COC(=O)CCCCCCCCC/C=C\C/C=C\CCCCC. The van der Waals surface area contributed by atoms with Crippen LogP contribution in [0, 0.1) is 0 Å². The van der Waals surface area contributed by atoms with Crippen molar-refractivity contribution >= 4 is 11.9 Å². The largest absolute Gasteiger partial charge is 0.462 e. The fraction of sp³-hybridized carbons (Fsp3) is 0.695. The van der Waals surface area contributed by atoms with Crippen LogP contribution < -0.4 is 0 Å². The van der Waals surface area contributed by atoms with Crippen LogP contribution in [-0.4, -0.2) is 37.9 Å². The van der Waals surface area contributed by atoms with Crippen LogP contribution >= 0.6 is 0 Å². The molecule has 0 bridgehead atoms. The molecular formula is C59H100O5. The zero-order valence-electron chi connectivity index (χ0n) is 42.0. The maximum absolute atomic E-state index is 12.8. The van der Waals surface area contributed by atoms with Gasteiger partial charge in [-0.05, 0) is 122 Å². The first-order valence-electron chi connectivity index (χ1n) is 26.8. The first-order chi connectivity index (χ1) is 31.6. The van der Waals surface area contributed by atoms with Crippen molar-refractivity contribution in [3.05, 3.63) is 97.2 Å². The lowest BCUT2D eigenvalue weighted by Crippen LogP contribution is -2.30. The van der Waals surface area contributed by atoms with Gasteiger partial charge in [-0.15, -0.1) is 0 Å². The minimum atomic E-state index is -0.572. The van der Waals surface area contributed by atoms with Crippen LogP contribution in [0.15, 0.2) is 97.2 Å². The zero-order chi connectivity index (χ0) is 46.3. The van der Waals surface area contributed by atoms with E-state index < -0.39 is 6.10 Å². The van der Waals surface area contributed by atoms with Gasteiger partial charge in [-0.1, -0.05) is 201 Å². The standard InChI is InChI=1S/C59H100O5/c1-4-7-10-13-16-19-22-25-28-30-32-34-37-40-43-46-49-52-58(60)63-56-57(55-62-54-51-48-45-42-39-36-33-29-26-23-20-17-14-11-8-5-2)64-59(61)53-50-47-44-41-38-35-31-27-24-21-18-15-12-9-6-3/h9,12,16-21,25-29,31,38,41,57H,4-8,10-11,13-15,22-24,30,32-37,39-40,42-56H2,1-3H3/b12-9-,19-16-,20-17-,21-18-,28-25-,29-26-,31-27-,41-38-. The Kier molecular flexibility index (Phi) is 51.5. The summed E-state index contributed by atoms with van der Waals surface area (Å²) in [5.74, 6) is -0.462. The average Bonchev–Trinajstić information content (AvgIpc) is 3.30. The zero-order valence-corrected chi connectivity index (χ0v) is 42.0. The van der Waals surface area contributed by atoms with Gasteiger partial charge in [0.15, 0.2) is 6.10 Å². The van der Waals surface area contributed by atoms with Gasteiger partial charge in [0.2, 0.25) is 0 Å². The molecule has 0 N–H and O–H groups in total. The van der Waals surface area contributed by atoms with Gasteiger partial charge in [-0.25, -0.2) is 0 Å². The molecule has 0 aliphatic carbocycles. The third kappa shape index (κ3) is 51.5. The van der Waals surface area contributed by atoms with E-state index in [-0.39, 0.29) is 25.2 Å². The van der Waals surface area contributed by atoms with Gasteiger partial charge in [0, 0.05) is 19.4 Å². The molecule has 0 aromatic rings. The maximum Gasteiger partial charge on any atom is 0.306 e. The van der Waals surface area contributed by atoms with E-state index in [0.717, 1.165) is 89.9 Å². The van der Waals surface area contributed by atoms with Crippen molar-refractivity contribution in [1.82, 2.24) is 0 Å². The highest BCUT2D eigenvalue weighted by atomic mass is 16.6. The van der Waals surface area contributed by atoms with Gasteiger partial charge in [0.1, 0.15) is 6.61 Å². The Hall–Kier alpha value is -3.18. The summed E-state index contributed by atoms with van der Waals surface area (Å²) in [6.45, 7) is 7.59. The molecule has 0 fully saturated rings. The van der Waals surface area contributed by atoms with Gasteiger partial charge < -0.3 is 14.2 Å². The Labute approximate surface area is 396 Å². The number of carbonyl (C=O) groups is 2. The van der Waals surface area contributed by atoms with Gasteiger partial charge in [0.05, 0.1) is 6.61 Å². The second kappa shape index (κ2) is 54.2. The number of ether oxygens (including phenoxy) is 3. The topological polar surface area (TPSA) is 61.8 Å². The van der Waals surface area contributed by atoms with Crippen LogP contribution in [0.25, 0.3) is 0 Å². The summed E-state index contributed by atoms with van der Waals surface area (Å²) in [4.78, 5) is 25.4. The van der Waals surface area contributed by atoms with Crippen molar-refractivity contribution in [3.63, 3.8) is 0 Å². The minimum absolute atomic E-state index is 0.0555. The Balaban J connectivity index is 4.38. The molecule has 0 amide bonds. The van der Waals surface area contributed by atoms with Crippen LogP contribution in [0.1, 0.15) is 239 Å². The number of esters is 2. The van der Waals surface area contributed by atoms with Gasteiger partial charge in [-0.2, -0.15) is 0 Å². The van der Waals surface area contributed by atoms with E-state index in [4.69, 9.17) is 14.2 Å². The first kappa shape index (κ1) is 60.8. The summed E-state index contributed by atoms with van der Waals surface area (Å²) in [6.07, 6.45) is 72.7. The fourth-order valence-corrected chi connectivity index (χ4v) is 7.09. The maximum atomic E-state index is 12.8. The number of allylic oxidation sites excluding steroid dienone is 16. The second-order valence-corrected chi connectivity index (χ2v) is 17.4. The molecule has 0 aromatic heterocycles. The van der Waals surface area contributed by atoms with Crippen LogP contribution in [0.3, 0.4) is 0 Å². The van der Waals surface area contributed by atoms with E-state index in [2.05, 4.69) is 118 Å². The molecule has 0 aromatic carbocycles.